The van der Waals surface area contributed by atoms with E-state index in [-0.39, 0.29) is 0 Å². The van der Waals surface area contributed by atoms with Gasteiger partial charge in [0.2, 0.25) is 0 Å². The van der Waals surface area contributed by atoms with E-state index in [4.69, 9.17) is 10.5 Å². The first kappa shape index (κ1) is 14.9. The molecular weight excluding hydrogens is 212 g/mol. The summed E-state index contributed by atoms with van der Waals surface area (Å²) in [5.74, 6) is 0. The minimum atomic E-state index is 0.291. The summed E-state index contributed by atoms with van der Waals surface area (Å²) in [6, 6.07) is 0. The van der Waals surface area contributed by atoms with Gasteiger partial charge in [-0.05, 0) is 32.7 Å². The van der Waals surface area contributed by atoms with Gasteiger partial charge in [-0.2, -0.15) is 0 Å². The Balaban J connectivity index is 2.44. The highest BCUT2D eigenvalue weighted by molar-refractivity contribution is 4.93. The first-order valence-electron chi connectivity index (χ1n) is 7.32. The Labute approximate surface area is 107 Å². The highest BCUT2D eigenvalue weighted by atomic mass is 16.5. The second-order valence-corrected chi connectivity index (χ2v) is 5.12. The highest BCUT2D eigenvalue weighted by Crippen LogP contribution is 2.32. The summed E-state index contributed by atoms with van der Waals surface area (Å²) in [4.78, 5) is 2.60. The number of rotatable bonds is 8. The molecule has 17 heavy (non-hydrogen) atoms. The van der Waals surface area contributed by atoms with Crippen LogP contribution in [0.1, 0.15) is 52.4 Å². The van der Waals surface area contributed by atoms with Crippen LogP contribution >= 0.6 is 0 Å². The topological polar surface area (TPSA) is 38.5 Å². The lowest BCUT2D eigenvalue weighted by Gasteiger charge is -2.45. The Morgan fingerprint density at radius 2 is 1.88 bits per heavy atom. The highest BCUT2D eigenvalue weighted by Gasteiger charge is 2.35. The van der Waals surface area contributed by atoms with E-state index in [1.54, 1.807) is 0 Å². The third-order valence-electron chi connectivity index (χ3n) is 4.14. The maximum Gasteiger partial charge on any atom is 0.0478 e. The fourth-order valence-electron chi connectivity index (χ4n) is 3.09. The smallest absolute Gasteiger partial charge is 0.0478 e. The molecule has 0 aromatic rings. The Morgan fingerprint density at radius 1 is 1.18 bits per heavy atom. The van der Waals surface area contributed by atoms with E-state index in [0.717, 1.165) is 39.3 Å². The lowest BCUT2D eigenvalue weighted by molar-refractivity contribution is 0.0492. The largest absolute Gasteiger partial charge is 0.382 e. The molecule has 0 aromatic carbocycles. The van der Waals surface area contributed by atoms with Gasteiger partial charge >= 0.3 is 0 Å². The van der Waals surface area contributed by atoms with Crippen molar-refractivity contribution in [2.75, 3.05) is 32.8 Å². The number of ether oxygens (including phenoxy) is 1. The predicted molar refractivity (Wildman–Crippen MR) is 73.2 cm³/mol. The molecule has 1 aliphatic carbocycles. The first-order valence-corrected chi connectivity index (χ1v) is 7.32. The van der Waals surface area contributed by atoms with Crippen molar-refractivity contribution in [2.24, 2.45) is 5.73 Å². The zero-order valence-corrected chi connectivity index (χ0v) is 11.7. The summed E-state index contributed by atoms with van der Waals surface area (Å²) < 4.78 is 5.42. The van der Waals surface area contributed by atoms with Crippen LogP contribution in [-0.2, 0) is 4.74 Å². The van der Waals surface area contributed by atoms with E-state index in [9.17, 15) is 0 Å². The van der Waals surface area contributed by atoms with Gasteiger partial charge in [0.25, 0.3) is 0 Å². The van der Waals surface area contributed by atoms with Crippen LogP contribution in [0.25, 0.3) is 0 Å². The minimum absolute atomic E-state index is 0.291. The summed E-state index contributed by atoms with van der Waals surface area (Å²) in [6.45, 7) is 9.08. The zero-order chi connectivity index (χ0) is 12.6. The molecule has 1 saturated carbocycles. The van der Waals surface area contributed by atoms with Gasteiger partial charge in [-0.15, -0.1) is 0 Å². The van der Waals surface area contributed by atoms with Crippen molar-refractivity contribution >= 4 is 0 Å². The molecule has 0 saturated heterocycles. The normalized spacial score (nSPS) is 19.8. The van der Waals surface area contributed by atoms with Crippen molar-refractivity contribution < 1.29 is 4.74 Å². The average molecular weight is 242 g/mol. The number of hydrogen-bond acceptors (Lipinski definition) is 3. The van der Waals surface area contributed by atoms with Gasteiger partial charge in [0.15, 0.2) is 0 Å². The van der Waals surface area contributed by atoms with Gasteiger partial charge in [-0.1, -0.05) is 26.2 Å². The Morgan fingerprint density at radius 3 is 2.41 bits per heavy atom. The minimum Gasteiger partial charge on any atom is -0.382 e. The van der Waals surface area contributed by atoms with E-state index in [0.29, 0.717) is 5.54 Å². The molecule has 0 aliphatic heterocycles. The monoisotopic (exact) mass is 242 g/mol. The molecule has 0 heterocycles. The van der Waals surface area contributed by atoms with Gasteiger partial charge in [-0.3, -0.25) is 4.90 Å². The van der Waals surface area contributed by atoms with E-state index in [1.807, 2.05) is 0 Å². The molecule has 2 N–H and O–H groups in total. The van der Waals surface area contributed by atoms with Crippen molar-refractivity contribution in [1.29, 1.82) is 0 Å². The van der Waals surface area contributed by atoms with Gasteiger partial charge in [0.05, 0.1) is 0 Å². The van der Waals surface area contributed by atoms with Gasteiger partial charge in [0.1, 0.15) is 0 Å². The van der Waals surface area contributed by atoms with Crippen LogP contribution in [0.2, 0.25) is 0 Å². The number of hydrogen-bond donors (Lipinski definition) is 1. The van der Waals surface area contributed by atoms with Crippen LogP contribution in [0, 0.1) is 0 Å². The molecule has 0 spiro atoms. The Hall–Kier alpha value is -0.120. The first-order chi connectivity index (χ1) is 8.29. The van der Waals surface area contributed by atoms with Crippen molar-refractivity contribution in [1.82, 2.24) is 4.90 Å². The summed E-state index contributed by atoms with van der Waals surface area (Å²) in [6.07, 6.45) is 7.78. The van der Waals surface area contributed by atoms with Gasteiger partial charge < -0.3 is 10.5 Å². The molecule has 0 radical (unpaired) electrons. The summed E-state index contributed by atoms with van der Waals surface area (Å²) in [5.41, 5.74) is 6.36. The van der Waals surface area contributed by atoms with Crippen molar-refractivity contribution in [3.05, 3.63) is 0 Å². The van der Waals surface area contributed by atoms with Crippen LogP contribution in [0.5, 0.6) is 0 Å². The second-order valence-electron chi connectivity index (χ2n) is 5.12. The van der Waals surface area contributed by atoms with Crippen LogP contribution in [0.4, 0.5) is 0 Å². The second kappa shape index (κ2) is 8.06. The fraction of sp³-hybridized carbons (Fsp3) is 1.00. The zero-order valence-electron chi connectivity index (χ0n) is 11.7. The maximum absolute atomic E-state index is 6.07. The molecule has 3 nitrogen and oxygen atoms in total. The number of nitrogens with two attached hydrogens (primary N) is 1. The lowest BCUT2D eigenvalue weighted by atomic mass is 9.80. The molecule has 0 aromatic heterocycles. The molecule has 3 heteroatoms. The molecule has 0 unspecified atom stereocenters. The van der Waals surface area contributed by atoms with E-state index >= 15 is 0 Å². The van der Waals surface area contributed by atoms with Crippen LogP contribution in [0.15, 0.2) is 0 Å². The molecular formula is C14H30N2O. The molecule has 0 bridgehead atoms. The average Bonchev–Trinajstić information content (AvgIpc) is 2.39. The molecule has 1 fully saturated rings. The molecule has 102 valence electrons. The van der Waals surface area contributed by atoms with Crippen LogP contribution in [-0.4, -0.2) is 43.3 Å². The lowest BCUT2D eigenvalue weighted by Crippen LogP contribution is -2.55. The molecule has 1 aliphatic rings. The van der Waals surface area contributed by atoms with E-state index < -0.39 is 0 Å². The van der Waals surface area contributed by atoms with Crippen molar-refractivity contribution in [2.45, 2.75) is 57.9 Å². The van der Waals surface area contributed by atoms with E-state index in [2.05, 4.69) is 18.7 Å². The third kappa shape index (κ3) is 4.23. The fourth-order valence-corrected chi connectivity index (χ4v) is 3.09. The standard InChI is InChI=1S/C14H30N2O/c1-3-16(11-8-12-17-4-2)14(13-15)9-6-5-7-10-14/h3-13,15H2,1-2H3. The number of nitrogens with zero attached hydrogens (tertiary/aromatic N) is 1. The summed E-state index contributed by atoms with van der Waals surface area (Å²) in [7, 11) is 0. The Kier molecular flexibility index (Phi) is 7.09. The van der Waals surface area contributed by atoms with Crippen molar-refractivity contribution in [3.63, 3.8) is 0 Å². The van der Waals surface area contributed by atoms with E-state index in [1.165, 1.54) is 32.1 Å². The SMILES string of the molecule is CCOCCCN(CC)C1(CN)CCCCC1. The van der Waals surface area contributed by atoms with Gasteiger partial charge in [0, 0.05) is 31.8 Å². The van der Waals surface area contributed by atoms with Crippen molar-refractivity contribution in [3.8, 4) is 0 Å². The van der Waals surface area contributed by atoms with Gasteiger partial charge in [-0.25, -0.2) is 0 Å². The number of likely N-dealkylation sites (N-methyl/N-ethyl adjacent to an activating group) is 1. The Bertz CT molecular complexity index is 191. The molecule has 0 amide bonds. The van der Waals surface area contributed by atoms with Crippen LogP contribution in [0.3, 0.4) is 0 Å². The third-order valence-corrected chi connectivity index (χ3v) is 4.14. The maximum atomic E-state index is 6.07. The quantitative estimate of drug-likeness (QED) is 0.664. The predicted octanol–water partition coefficient (Wildman–Crippen LogP) is 2.40. The molecule has 1 rings (SSSR count). The summed E-state index contributed by atoms with van der Waals surface area (Å²) >= 11 is 0. The van der Waals surface area contributed by atoms with Crippen LogP contribution < -0.4 is 5.73 Å². The summed E-state index contributed by atoms with van der Waals surface area (Å²) in [5, 5.41) is 0. The molecule has 0 atom stereocenters.